The van der Waals surface area contributed by atoms with Crippen molar-refractivity contribution in [3.8, 4) is 0 Å². The maximum absolute atomic E-state index is 12.6. The Hall–Kier alpha value is -1.38. The number of aryl methyl sites for hydroxylation is 1. The second-order valence-corrected chi connectivity index (χ2v) is 7.24. The molecular weight excluding hydrogens is 294 g/mol. The average Bonchev–Trinajstić information content (AvgIpc) is 2.89. The van der Waals surface area contributed by atoms with Crippen LogP contribution < -0.4 is 5.32 Å². The van der Waals surface area contributed by atoms with E-state index in [2.05, 4.69) is 5.32 Å². The molecule has 1 fully saturated rings. The number of aliphatic hydroxyl groups is 1. The van der Waals surface area contributed by atoms with Gasteiger partial charge >= 0.3 is 0 Å². The Morgan fingerprint density at radius 2 is 2.24 bits per heavy atom. The van der Waals surface area contributed by atoms with Gasteiger partial charge in [-0.05, 0) is 24.8 Å². The highest BCUT2D eigenvalue weighted by atomic mass is 32.2. The van der Waals surface area contributed by atoms with Crippen LogP contribution >= 0.6 is 0 Å². The Bertz CT molecular complexity index is 623. The summed E-state index contributed by atoms with van der Waals surface area (Å²) in [6.45, 7) is 0.760. The number of hydrogen-bond donors (Lipinski definition) is 2. The number of carbonyl (C=O) groups is 1. The van der Waals surface area contributed by atoms with E-state index in [-0.39, 0.29) is 23.3 Å². The second kappa shape index (κ2) is 6.17. The zero-order valence-electron chi connectivity index (χ0n) is 12.2. The summed E-state index contributed by atoms with van der Waals surface area (Å²) in [5.74, 6) is -0.346. The summed E-state index contributed by atoms with van der Waals surface area (Å²) in [7, 11) is -0.492. The van der Waals surface area contributed by atoms with Gasteiger partial charge in [0.1, 0.15) is 10.6 Å². The molecule has 0 spiro atoms. The molecule has 0 bridgehead atoms. The lowest BCUT2D eigenvalue weighted by Crippen LogP contribution is -2.40. The number of aliphatic hydroxyl groups excluding tert-OH is 1. The molecule has 2 rings (SSSR count). The molecule has 21 heavy (non-hydrogen) atoms. The monoisotopic (exact) mass is 315 g/mol. The van der Waals surface area contributed by atoms with Crippen LogP contribution in [0.2, 0.25) is 0 Å². The number of nitrogens with zero attached hydrogens (tertiary/aromatic N) is 2. The molecule has 1 aromatic rings. The Balaban J connectivity index is 2.29. The molecule has 0 aromatic carbocycles. The van der Waals surface area contributed by atoms with Crippen LogP contribution in [0.5, 0.6) is 0 Å². The fourth-order valence-electron chi connectivity index (χ4n) is 2.57. The molecule has 1 aliphatic heterocycles. The van der Waals surface area contributed by atoms with E-state index in [1.807, 2.05) is 0 Å². The molecule has 7 nitrogen and oxygen atoms in total. The molecule has 0 aliphatic carbocycles. The first-order valence-corrected chi connectivity index (χ1v) is 8.33. The maximum Gasteiger partial charge on any atom is 0.267 e. The van der Waals surface area contributed by atoms with Gasteiger partial charge in [-0.15, -0.1) is 0 Å². The third-order valence-corrected chi connectivity index (χ3v) is 5.65. The number of nitrogens with one attached hydrogen (secondary N) is 1. The molecule has 2 heterocycles. The lowest BCUT2D eigenvalue weighted by molar-refractivity contribution is 0.0955. The van der Waals surface area contributed by atoms with Crippen molar-refractivity contribution in [2.75, 3.05) is 26.7 Å². The van der Waals surface area contributed by atoms with E-state index < -0.39 is 10.0 Å². The highest BCUT2D eigenvalue weighted by Gasteiger charge is 2.31. The van der Waals surface area contributed by atoms with E-state index in [1.54, 1.807) is 7.05 Å². The molecule has 2 N–H and O–H groups in total. The van der Waals surface area contributed by atoms with Gasteiger partial charge < -0.3 is 15.0 Å². The molecular formula is C13H21N3O4S. The van der Waals surface area contributed by atoms with Crippen LogP contribution in [0.4, 0.5) is 0 Å². The number of sulfonamides is 1. The van der Waals surface area contributed by atoms with Crippen LogP contribution in [0.1, 0.15) is 23.3 Å². The Kier molecular flexibility index (Phi) is 4.70. The average molecular weight is 315 g/mol. The van der Waals surface area contributed by atoms with E-state index in [1.165, 1.54) is 28.2 Å². The quantitative estimate of drug-likeness (QED) is 0.803. The lowest BCUT2D eigenvalue weighted by Gasteiger charge is -2.30. The molecule has 1 atom stereocenters. The van der Waals surface area contributed by atoms with Gasteiger partial charge in [0.25, 0.3) is 5.91 Å². The van der Waals surface area contributed by atoms with Crippen LogP contribution in [-0.2, 0) is 17.1 Å². The topological polar surface area (TPSA) is 91.6 Å². The van der Waals surface area contributed by atoms with Crippen molar-refractivity contribution >= 4 is 15.9 Å². The molecule has 1 saturated heterocycles. The van der Waals surface area contributed by atoms with Gasteiger partial charge in [-0.3, -0.25) is 4.79 Å². The largest absolute Gasteiger partial charge is 0.396 e. The van der Waals surface area contributed by atoms with Gasteiger partial charge in [0.2, 0.25) is 10.0 Å². The molecule has 1 unspecified atom stereocenters. The van der Waals surface area contributed by atoms with Crippen molar-refractivity contribution in [1.82, 2.24) is 14.2 Å². The van der Waals surface area contributed by atoms with E-state index in [4.69, 9.17) is 0 Å². The minimum atomic E-state index is -3.63. The summed E-state index contributed by atoms with van der Waals surface area (Å²) in [4.78, 5) is 11.8. The predicted molar refractivity (Wildman–Crippen MR) is 77.4 cm³/mol. The first-order chi connectivity index (χ1) is 9.90. The van der Waals surface area contributed by atoms with Crippen LogP contribution in [0.25, 0.3) is 0 Å². The molecule has 8 heteroatoms. The Labute approximate surface area is 124 Å². The van der Waals surface area contributed by atoms with Crippen LogP contribution in [-0.4, -0.2) is 55.0 Å². The number of amides is 1. The summed E-state index contributed by atoms with van der Waals surface area (Å²) >= 11 is 0. The highest BCUT2D eigenvalue weighted by Crippen LogP contribution is 2.24. The van der Waals surface area contributed by atoms with Crippen molar-refractivity contribution in [3.63, 3.8) is 0 Å². The van der Waals surface area contributed by atoms with E-state index in [0.29, 0.717) is 18.8 Å². The number of piperidine rings is 1. The van der Waals surface area contributed by atoms with E-state index in [0.717, 1.165) is 12.8 Å². The van der Waals surface area contributed by atoms with Gasteiger partial charge in [0.05, 0.1) is 0 Å². The van der Waals surface area contributed by atoms with Crippen molar-refractivity contribution in [3.05, 3.63) is 18.0 Å². The smallest absolute Gasteiger partial charge is 0.267 e. The number of aromatic nitrogens is 1. The Morgan fingerprint density at radius 3 is 2.86 bits per heavy atom. The van der Waals surface area contributed by atoms with Crippen molar-refractivity contribution < 1.29 is 18.3 Å². The number of carbonyl (C=O) groups excluding carboxylic acids is 1. The lowest BCUT2D eigenvalue weighted by atomic mass is 10.0. The van der Waals surface area contributed by atoms with Crippen molar-refractivity contribution in [2.24, 2.45) is 13.0 Å². The van der Waals surface area contributed by atoms with E-state index >= 15 is 0 Å². The standard InChI is InChI=1S/C13H21N3O4S/c1-14-13(18)12-6-11(8-15(12)2)21(19,20)16-5-3-4-10(7-16)9-17/h6,8,10,17H,3-5,7,9H2,1-2H3,(H,14,18). The molecule has 0 radical (unpaired) electrons. The zero-order chi connectivity index (χ0) is 15.6. The zero-order valence-corrected chi connectivity index (χ0v) is 13.1. The summed E-state index contributed by atoms with van der Waals surface area (Å²) in [5, 5.41) is 11.7. The van der Waals surface area contributed by atoms with Gasteiger partial charge in [-0.1, -0.05) is 0 Å². The predicted octanol–water partition coefficient (Wildman–Crippen LogP) is -0.222. The SMILES string of the molecule is CNC(=O)c1cc(S(=O)(=O)N2CCCC(CO)C2)cn1C. The van der Waals surface area contributed by atoms with Crippen molar-refractivity contribution in [1.29, 1.82) is 0 Å². The first-order valence-electron chi connectivity index (χ1n) is 6.89. The fourth-order valence-corrected chi connectivity index (χ4v) is 4.20. The minimum absolute atomic E-state index is 0.00962. The third kappa shape index (κ3) is 3.12. The first kappa shape index (κ1) is 16.0. The molecule has 0 saturated carbocycles. The number of hydrogen-bond acceptors (Lipinski definition) is 4. The van der Waals surface area contributed by atoms with Gasteiger partial charge in [-0.25, -0.2) is 8.42 Å². The summed E-state index contributed by atoms with van der Waals surface area (Å²) in [5.41, 5.74) is 0.298. The van der Waals surface area contributed by atoms with Gasteiger partial charge in [-0.2, -0.15) is 4.31 Å². The minimum Gasteiger partial charge on any atom is -0.396 e. The maximum atomic E-state index is 12.6. The van der Waals surface area contributed by atoms with Crippen LogP contribution in [0.3, 0.4) is 0 Å². The summed E-state index contributed by atoms with van der Waals surface area (Å²) < 4.78 is 28.1. The van der Waals surface area contributed by atoms with Gasteiger partial charge in [0.15, 0.2) is 0 Å². The summed E-state index contributed by atoms with van der Waals surface area (Å²) in [6, 6.07) is 1.39. The number of rotatable bonds is 4. The normalized spacial score (nSPS) is 20.4. The highest BCUT2D eigenvalue weighted by molar-refractivity contribution is 7.89. The Morgan fingerprint density at radius 1 is 1.52 bits per heavy atom. The molecule has 1 aromatic heterocycles. The summed E-state index contributed by atoms with van der Waals surface area (Å²) in [6.07, 6.45) is 3.02. The van der Waals surface area contributed by atoms with E-state index in [9.17, 15) is 18.3 Å². The third-order valence-electron chi connectivity index (χ3n) is 3.82. The molecule has 1 aliphatic rings. The van der Waals surface area contributed by atoms with Crippen molar-refractivity contribution in [2.45, 2.75) is 17.7 Å². The molecule has 1 amide bonds. The second-order valence-electron chi connectivity index (χ2n) is 5.30. The molecule has 118 valence electrons. The van der Waals surface area contributed by atoms with Crippen LogP contribution in [0, 0.1) is 5.92 Å². The van der Waals surface area contributed by atoms with Gasteiger partial charge in [0, 0.05) is 40.0 Å². The fraction of sp³-hybridized carbons (Fsp3) is 0.615. The van der Waals surface area contributed by atoms with Crippen LogP contribution in [0.15, 0.2) is 17.2 Å².